The second kappa shape index (κ2) is 6.16. The number of nitrogens with zero attached hydrogens (tertiary/aromatic N) is 1. The Morgan fingerprint density at radius 1 is 0.950 bits per heavy atom. The van der Waals surface area contributed by atoms with Crippen molar-refractivity contribution in [2.45, 2.75) is 40.2 Å². The highest BCUT2D eigenvalue weighted by atomic mass is 15.2. The number of nitrogens with two attached hydrogens (primary N) is 1. The number of hydrogen-bond acceptors (Lipinski definition) is 3. The van der Waals surface area contributed by atoms with Crippen LogP contribution in [0.3, 0.4) is 0 Å². The maximum Gasteiger partial charge on any atom is 0.0501 e. The van der Waals surface area contributed by atoms with Gasteiger partial charge >= 0.3 is 0 Å². The van der Waals surface area contributed by atoms with E-state index in [1.165, 1.54) is 22.3 Å². The molecule has 0 spiro atoms. The normalized spacial score (nSPS) is 12.4. The highest BCUT2D eigenvalue weighted by molar-refractivity contribution is 5.31. The van der Waals surface area contributed by atoms with Gasteiger partial charge in [-0.15, -0.1) is 0 Å². The summed E-state index contributed by atoms with van der Waals surface area (Å²) in [6.45, 7) is 8.28. The first-order valence-electron chi connectivity index (χ1n) is 6.96. The van der Waals surface area contributed by atoms with Crippen molar-refractivity contribution in [1.29, 1.82) is 0 Å². The van der Waals surface area contributed by atoms with Crippen LogP contribution >= 0.6 is 0 Å². The second-order valence-electron chi connectivity index (χ2n) is 5.60. The molecule has 1 heterocycles. The Bertz CT molecular complexity index is 565. The topological polar surface area (TPSA) is 50.9 Å². The van der Waals surface area contributed by atoms with Crippen molar-refractivity contribution < 1.29 is 0 Å². The summed E-state index contributed by atoms with van der Waals surface area (Å²) < 4.78 is 0. The van der Waals surface area contributed by atoms with Crippen LogP contribution in [0, 0.1) is 27.7 Å². The maximum atomic E-state index is 5.76. The van der Waals surface area contributed by atoms with Gasteiger partial charge in [0.05, 0.1) is 6.04 Å². The van der Waals surface area contributed by atoms with Gasteiger partial charge in [0, 0.05) is 11.4 Å². The van der Waals surface area contributed by atoms with Gasteiger partial charge < -0.3 is 0 Å². The molecule has 1 aromatic carbocycles. The van der Waals surface area contributed by atoms with Gasteiger partial charge in [-0.05, 0) is 57.4 Å². The van der Waals surface area contributed by atoms with E-state index in [1.807, 2.05) is 13.8 Å². The van der Waals surface area contributed by atoms with Gasteiger partial charge in [0.2, 0.25) is 0 Å². The molecule has 0 saturated carbocycles. The molecule has 3 heteroatoms. The van der Waals surface area contributed by atoms with Crippen LogP contribution in [0.5, 0.6) is 0 Å². The average molecular weight is 269 g/mol. The number of hydrogen-bond donors (Lipinski definition) is 2. The molecule has 1 atom stereocenters. The predicted molar refractivity (Wildman–Crippen MR) is 83.4 cm³/mol. The third-order valence-corrected chi connectivity index (χ3v) is 3.43. The van der Waals surface area contributed by atoms with Crippen molar-refractivity contribution in [2.24, 2.45) is 5.84 Å². The molecular formula is C17H23N3. The summed E-state index contributed by atoms with van der Waals surface area (Å²) in [5.41, 5.74) is 10.1. The van der Waals surface area contributed by atoms with Crippen LogP contribution in [0.2, 0.25) is 0 Å². The highest BCUT2D eigenvalue weighted by Crippen LogP contribution is 2.20. The fraction of sp³-hybridized carbons (Fsp3) is 0.353. The lowest BCUT2D eigenvalue weighted by Gasteiger charge is -2.18. The molecule has 3 N–H and O–H groups in total. The summed E-state index contributed by atoms with van der Waals surface area (Å²) in [5.74, 6) is 5.76. The largest absolute Gasteiger partial charge is 0.271 e. The van der Waals surface area contributed by atoms with Crippen LogP contribution in [-0.2, 0) is 6.42 Å². The number of aromatic nitrogens is 1. The minimum atomic E-state index is 0.108. The molecule has 106 valence electrons. The molecule has 0 bridgehead atoms. The average Bonchev–Trinajstić information content (AvgIpc) is 2.33. The fourth-order valence-corrected chi connectivity index (χ4v) is 2.76. The van der Waals surface area contributed by atoms with Gasteiger partial charge in [0.25, 0.3) is 0 Å². The lowest BCUT2D eigenvalue weighted by atomic mass is 9.96. The SMILES string of the molecule is Cc1cc(C)cc(CC(NN)c2cc(C)nc(C)c2)c1. The molecule has 1 aromatic heterocycles. The molecule has 20 heavy (non-hydrogen) atoms. The molecule has 0 aliphatic carbocycles. The van der Waals surface area contributed by atoms with Gasteiger partial charge in [0.1, 0.15) is 0 Å². The minimum Gasteiger partial charge on any atom is -0.271 e. The van der Waals surface area contributed by atoms with Gasteiger partial charge in [-0.1, -0.05) is 29.3 Å². The van der Waals surface area contributed by atoms with Crippen molar-refractivity contribution >= 4 is 0 Å². The molecule has 0 radical (unpaired) electrons. The highest BCUT2D eigenvalue weighted by Gasteiger charge is 2.12. The molecule has 3 nitrogen and oxygen atoms in total. The quantitative estimate of drug-likeness (QED) is 0.662. The van der Waals surface area contributed by atoms with Gasteiger partial charge in [-0.2, -0.15) is 0 Å². The number of pyridine rings is 1. The molecule has 2 aromatic rings. The maximum absolute atomic E-state index is 5.76. The number of hydrazine groups is 1. The Morgan fingerprint density at radius 3 is 2.00 bits per heavy atom. The van der Waals surface area contributed by atoms with Crippen LogP contribution in [0.15, 0.2) is 30.3 Å². The zero-order valence-corrected chi connectivity index (χ0v) is 12.7. The summed E-state index contributed by atoms with van der Waals surface area (Å²) in [5, 5.41) is 0. The van der Waals surface area contributed by atoms with Crippen molar-refractivity contribution in [3.8, 4) is 0 Å². The van der Waals surface area contributed by atoms with E-state index in [0.29, 0.717) is 0 Å². The van der Waals surface area contributed by atoms with Crippen molar-refractivity contribution in [3.05, 3.63) is 64.0 Å². The first-order valence-corrected chi connectivity index (χ1v) is 6.96. The molecule has 1 unspecified atom stereocenters. The monoisotopic (exact) mass is 269 g/mol. The number of rotatable bonds is 4. The van der Waals surface area contributed by atoms with Gasteiger partial charge in [-0.3, -0.25) is 16.3 Å². The summed E-state index contributed by atoms with van der Waals surface area (Å²) in [6, 6.07) is 10.9. The molecule has 0 aliphatic heterocycles. The Morgan fingerprint density at radius 2 is 1.50 bits per heavy atom. The lowest BCUT2D eigenvalue weighted by Crippen LogP contribution is -2.29. The van der Waals surface area contributed by atoms with E-state index < -0.39 is 0 Å². The van der Waals surface area contributed by atoms with E-state index in [1.54, 1.807) is 0 Å². The standard InChI is InChI=1S/C17H23N3/c1-11-5-12(2)7-15(6-11)10-17(20-18)16-8-13(3)19-14(4)9-16/h5-9,17,20H,10,18H2,1-4H3. The predicted octanol–water partition coefficient (Wildman–Crippen LogP) is 3.06. The summed E-state index contributed by atoms with van der Waals surface area (Å²) in [6.07, 6.45) is 0.877. The van der Waals surface area contributed by atoms with E-state index in [-0.39, 0.29) is 6.04 Å². The molecule has 0 saturated heterocycles. The second-order valence-corrected chi connectivity index (χ2v) is 5.60. The molecule has 0 amide bonds. The Labute approximate surface area is 121 Å². The number of nitrogens with one attached hydrogen (secondary N) is 1. The summed E-state index contributed by atoms with van der Waals surface area (Å²) >= 11 is 0. The third-order valence-electron chi connectivity index (χ3n) is 3.43. The fourth-order valence-electron chi connectivity index (χ4n) is 2.76. The molecule has 2 rings (SSSR count). The molecule has 0 aliphatic rings. The molecular weight excluding hydrogens is 246 g/mol. The van der Waals surface area contributed by atoms with Crippen molar-refractivity contribution in [1.82, 2.24) is 10.4 Å². The Kier molecular flexibility index (Phi) is 4.53. The van der Waals surface area contributed by atoms with E-state index in [0.717, 1.165) is 17.8 Å². The Hall–Kier alpha value is -1.71. The number of aryl methyl sites for hydroxylation is 4. The van der Waals surface area contributed by atoms with Crippen LogP contribution in [0.25, 0.3) is 0 Å². The summed E-state index contributed by atoms with van der Waals surface area (Å²) in [4.78, 5) is 4.42. The van der Waals surface area contributed by atoms with Crippen LogP contribution < -0.4 is 11.3 Å². The van der Waals surface area contributed by atoms with E-state index in [2.05, 4.69) is 54.6 Å². The first kappa shape index (κ1) is 14.7. The van der Waals surface area contributed by atoms with E-state index >= 15 is 0 Å². The number of benzene rings is 1. The zero-order chi connectivity index (χ0) is 14.7. The van der Waals surface area contributed by atoms with Crippen LogP contribution in [-0.4, -0.2) is 4.98 Å². The zero-order valence-electron chi connectivity index (χ0n) is 12.7. The lowest BCUT2D eigenvalue weighted by molar-refractivity contribution is 0.550. The van der Waals surface area contributed by atoms with Gasteiger partial charge in [0.15, 0.2) is 0 Å². The van der Waals surface area contributed by atoms with Crippen LogP contribution in [0.1, 0.15) is 39.7 Å². The van der Waals surface area contributed by atoms with Gasteiger partial charge in [-0.25, -0.2) is 0 Å². The van der Waals surface area contributed by atoms with Crippen LogP contribution in [0.4, 0.5) is 0 Å². The van der Waals surface area contributed by atoms with Crippen molar-refractivity contribution in [2.75, 3.05) is 0 Å². The molecule has 0 fully saturated rings. The Balaban J connectivity index is 2.28. The van der Waals surface area contributed by atoms with Crippen molar-refractivity contribution in [3.63, 3.8) is 0 Å². The smallest absolute Gasteiger partial charge is 0.0501 e. The minimum absolute atomic E-state index is 0.108. The van der Waals surface area contributed by atoms with E-state index in [9.17, 15) is 0 Å². The summed E-state index contributed by atoms with van der Waals surface area (Å²) in [7, 11) is 0. The van der Waals surface area contributed by atoms with E-state index in [4.69, 9.17) is 5.84 Å². The third kappa shape index (κ3) is 3.65. The first-order chi connectivity index (χ1) is 9.47.